The monoisotopic (exact) mass is 551 g/mol. The lowest BCUT2D eigenvalue weighted by Gasteiger charge is -2.24. The molecule has 198 valence electrons. The fourth-order valence-electron chi connectivity index (χ4n) is 4.65. The quantitative estimate of drug-likeness (QED) is 0.345. The number of nitriles is 1. The lowest BCUT2D eigenvalue weighted by atomic mass is 9.87. The fourth-order valence-corrected chi connectivity index (χ4v) is 7.00. The molecular formula is C28H29N3O5S2. The number of hydrogen-bond acceptors (Lipinski definition) is 8. The van der Waals surface area contributed by atoms with Crippen LogP contribution in [0.2, 0.25) is 0 Å². The molecule has 5 rings (SSSR count). The zero-order valence-electron chi connectivity index (χ0n) is 20.8. The molecule has 1 aromatic heterocycles. The van der Waals surface area contributed by atoms with E-state index in [1.165, 1.54) is 17.5 Å². The number of carbonyl (C=O) groups excluding carboxylic acids is 1. The molecule has 0 unspecified atom stereocenters. The summed E-state index contributed by atoms with van der Waals surface area (Å²) in [6.45, 7) is 1.49. The molecule has 2 aromatic carbocycles. The predicted molar refractivity (Wildman–Crippen MR) is 144 cm³/mol. The van der Waals surface area contributed by atoms with Crippen LogP contribution in [0.3, 0.4) is 0 Å². The molecule has 0 bridgehead atoms. The third-order valence-electron chi connectivity index (χ3n) is 6.99. The van der Waals surface area contributed by atoms with Crippen molar-refractivity contribution in [1.29, 1.82) is 5.26 Å². The maximum Gasteiger partial charge on any atom is 0.233 e. The second-order valence-electron chi connectivity index (χ2n) is 9.71. The van der Waals surface area contributed by atoms with E-state index < -0.39 is 15.8 Å². The van der Waals surface area contributed by atoms with E-state index in [1.54, 1.807) is 48.5 Å². The van der Waals surface area contributed by atoms with Gasteiger partial charge in [-0.25, -0.2) is 13.4 Å². The number of benzene rings is 2. The third-order valence-corrected chi connectivity index (χ3v) is 10.1. The van der Waals surface area contributed by atoms with E-state index in [2.05, 4.69) is 16.4 Å². The molecule has 8 nitrogen and oxygen atoms in total. The van der Waals surface area contributed by atoms with Gasteiger partial charge in [-0.15, -0.1) is 0 Å². The highest BCUT2D eigenvalue weighted by molar-refractivity contribution is 7.92. The molecule has 0 spiro atoms. The Morgan fingerprint density at radius 3 is 2.63 bits per heavy atom. The van der Waals surface area contributed by atoms with Crippen LogP contribution >= 0.6 is 11.3 Å². The van der Waals surface area contributed by atoms with E-state index in [4.69, 9.17) is 14.7 Å². The number of amides is 1. The Bertz CT molecular complexity index is 1420. The molecule has 1 amide bonds. The SMILES string of the molecule is N#Cc1cccc(Oc2cnc(NC(=O)[C@H](CCC3CCOCC3)c3ccc(S(=O)(=O)C4CC4)cc3)s2)c1. The van der Waals surface area contributed by atoms with Gasteiger partial charge in [0.05, 0.1) is 33.9 Å². The predicted octanol–water partition coefficient (Wildman–Crippen LogP) is 5.67. The number of aromatic nitrogens is 1. The van der Waals surface area contributed by atoms with Gasteiger partial charge < -0.3 is 14.8 Å². The Hall–Kier alpha value is -3.26. The van der Waals surface area contributed by atoms with Crippen LogP contribution in [0.25, 0.3) is 0 Å². The van der Waals surface area contributed by atoms with Crippen molar-refractivity contribution in [2.24, 2.45) is 5.92 Å². The number of nitrogens with zero attached hydrogens (tertiary/aromatic N) is 2. The number of anilines is 1. The van der Waals surface area contributed by atoms with Crippen molar-refractivity contribution >= 4 is 32.2 Å². The number of ether oxygens (including phenoxy) is 2. The molecular weight excluding hydrogens is 522 g/mol. The van der Waals surface area contributed by atoms with E-state index in [0.29, 0.717) is 51.6 Å². The molecule has 1 saturated carbocycles. The first-order chi connectivity index (χ1) is 18.4. The topological polar surface area (TPSA) is 118 Å². The largest absolute Gasteiger partial charge is 0.445 e. The van der Waals surface area contributed by atoms with Crippen molar-refractivity contribution in [2.75, 3.05) is 18.5 Å². The van der Waals surface area contributed by atoms with Gasteiger partial charge in [0, 0.05) is 13.2 Å². The average Bonchev–Trinajstić information content (AvgIpc) is 3.72. The van der Waals surface area contributed by atoms with Crippen LogP contribution in [-0.2, 0) is 19.4 Å². The van der Waals surface area contributed by atoms with Crippen LogP contribution < -0.4 is 10.1 Å². The molecule has 0 radical (unpaired) electrons. The Morgan fingerprint density at radius 1 is 1.16 bits per heavy atom. The van der Waals surface area contributed by atoms with Crippen molar-refractivity contribution in [3.05, 3.63) is 65.9 Å². The van der Waals surface area contributed by atoms with Crippen LogP contribution in [0.5, 0.6) is 10.8 Å². The van der Waals surface area contributed by atoms with Crippen molar-refractivity contribution in [2.45, 2.75) is 54.6 Å². The molecule has 3 aromatic rings. The lowest BCUT2D eigenvalue weighted by Crippen LogP contribution is -2.23. The Labute approximate surface area is 226 Å². The summed E-state index contributed by atoms with van der Waals surface area (Å²) in [5, 5.41) is 12.6. The normalized spacial score (nSPS) is 16.9. The van der Waals surface area contributed by atoms with E-state index in [-0.39, 0.29) is 11.2 Å². The van der Waals surface area contributed by atoms with Gasteiger partial charge in [-0.05, 0) is 80.3 Å². The van der Waals surface area contributed by atoms with Crippen LogP contribution in [0, 0.1) is 17.2 Å². The number of nitrogens with one attached hydrogen (secondary N) is 1. The molecule has 10 heteroatoms. The molecule has 2 aliphatic rings. The van der Waals surface area contributed by atoms with Gasteiger partial charge in [0.1, 0.15) is 5.75 Å². The highest BCUT2D eigenvalue weighted by Gasteiger charge is 2.37. The average molecular weight is 552 g/mol. The minimum absolute atomic E-state index is 0.192. The Kier molecular flexibility index (Phi) is 8.07. The van der Waals surface area contributed by atoms with Crippen LogP contribution in [0.1, 0.15) is 55.6 Å². The van der Waals surface area contributed by atoms with Gasteiger partial charge in [0.2, 0.25) is 11.0 Å². The smallest absolute Gasteiger partial charge is 0.233 e. The summed E-state index contributed by atoms with van der Waals surface area (Å²) in [6, 6.07) is 15.7. The minimum Gasteiger partial charge on any atom is -0.445 e. The molecule has 1 aliphatic heterocycles. The Balaban J connectivity index is 1.30. The van der Waals surface area contributed by atoms with E-state index in [0.717, 1.165) is 38.0 Å². The summed E-state index contributed by atoms with van der Waals surface area (Å²) < 4.78 is 36.5. The Morgan fingerprint density at radius 2 is 1.92 bits per heavy atom. The zero-order chi connectivity index (χ0) is 26.5. The van der Waals surface area contributed by atoms with E-state index in [1.807, 2.05) is 0 Å². The van der Waals surface area contributed by atoms with Gasteiger partial charge in [0.25, 0.3) is 0 Å². The number of sulfone groups is 1. The van der Waals surface area contributed by atoms with Crippen LogP contribution in [0.4, 0.5) is 5.13 Å². The second kappa shape index (κ2) is 11.6. The summed E-state index contributed by atoms with van der Waals surface area (Å²) in [7, 11) is -3.29. The van der Waals surface area contributed by atoms with E-state index >= 15 is 0 Å². The van der Waals surface area contributed by atoms with Gasteiger partial charge in [-0.2, -0.15) is 5.26 Å². The van der Waals surface area contributed by atoms with Crippen molar-refractivity contribution in [3.63, 3.8) is 0 Å². The number of carbonyl (C=O) groups is 1. The summed E-state index contributed by atoms with van der Waals surface area (Å²) in [5.41, 5.74) is 1.27. The lowest BCUT2D eigenvalue weighted by molar-refractivity contribution is -0.117. The van der Waals surface area contributed by atoms with Crippen LogP contribution in [-0.4, -0.2) is 37.8 Å². The van der Waals surface area contributed by atoms with Gasteiger partial charge >= 0.3 is 0 Å². The molecule has 38 heavy (non-hydrogen) atoms. The molecule has 1 N–H and O–H groups in total. The van der Waals surface area contributed by atoms with Gasteiger partial charge in [-0.1, -0.05) is 29.5 Å². The summed E-state index contributed by atoms with van der Waals surface area (Å²) in [5.74, 6) is 0.372. The van der Waals surface area contributed by atoms with Crippen molar-refractivity contribution in [1.82, 2.24) is 4.98 Å². The summed E-state index contributed by atoms with van der Waals surface area (Å²) in [4.78, 5) is 18.1. The van der Waals surface area contributed by atoms with Crippen molar-refractivity contribution in [3.8, 4) is 16.9 Å². The molecule has 2 fully saturated rings. The highest BCUT2D eigenvalue weighted by atomic mass is 32.2. The number of thiazole rings is 1. The third kappa shape index (κ3) is 6.41. The maximum atomic E-state index is 13.5. The summed E-state index contributed by atoms with van der Waals surface area (Å²) in [6.07, 6.45) is 6.44. The van der Waals surface area contributed by atoms with Gasteiger partial charge in [0.15, 0.2) is 15.0 Å². The fraction of sp³-hybridized carbons (Fsp3) is 0.393. The highest BCUT2D eigenvalue weighted by Crippen LogP contribution is 2.36. The molecule has 1 atom stereocenters. The minimum atomic E-state index is -3.29. The zero-order valence-corrected chi connectivity index (χ0v) is 22.5. The molecule has 1 saturated heterocycles. The summed E-state index contributed by atoms with van der Waals surface area (Å²) >= 11 is 1.20. The second-order valence-corrected chi connectivity index (χ2v) is 12.9. The first-order valence-electron chi connectivity index (χ1n) is 12.8. The molecule has 1 aliphatic carbocycles. The first kappa shape index (κ1) is 26.4. The van der Waals surface area contributed by atoms with Crippen LogP contribution in [0.15, 0.2) is 59.6 Å². The van der Waals surface area contributed by atoms with Crippen molar-refractivity contribution < 1.29 is 22.7 Å². The van der Waals surface area contributed by atoms with Gasteiger partial charge in [-0.3, -0.25) is 4.79 Å². The first-order valence-corrected chi connectivity index (χ1v) is 15.1. The number of hydrogen-bond donors (Lipinski definition) is 1. The van der Waals surface area contributed by atoms with E-state index in [9.17, 15) is 13.2 Å². The molecule has 2 heterocycles. The maximum absolute atomic E-state index is 13.5. The standard InChI is InChI=1S/C28H29N3O5S2/c29-17-20-2-1-3-22(16-20)36-26-18-30-28(37-26)31-27(32)25(11-4-19-12-14-35-15-13-19)21-5-7-23(8-6-21)38(33,34)24-9-10-24/h1-3,5-8,16,18-19,24-25H,4,9-15H2,(H,30,31,32)/t25-/m1/s1. The number of rotatable bonds is 10.